The van der Waals surface area contributed by atoms with Crippen molar-refractivity contribution in [2.24, 2.45) is 5.92 Å². The molecule has 0 fully saturated rings. The first-order valence-electron chi connectivity index (χ1n) is 8.19. The van der Waals surface area contributed by atoms with Crippen LogP contribution in [0.15, 0.2) is 40.3 Å². The van der Waals surface area contributed by atoms with Gasteiger partial charge < -0.3 is 10.2 Å². The Morgan fingerprint density at radius 3 is 2.43 bits per heavy atom. The molecule has 2 rings (SSSR count). The van der Waals surface area contributed by atoms with E-state index in [1.165, 1.54) is 5.57 Å². The van der Waals surface area contributed by atoms with E-state index in [-0.39, 0.29) is 0 Å². The molecule has 2 N–H and O–H groups in total. The second-order valence-corrected chi connectivity index (χ2v) is 8.67. The van der Waals surface area contributed by atoms with Crippen LogP contribution in [-0.4, -0.2) is 21.1 Å². The van der Waals surface area contributed by atoms with Crippen molar-refractivity contribution in [3.05, 3.63) is 46.6 Å². The van der Waals surface area contributed by atoms with Crippen LogP contribution in [-0.2, 0) is 0 Å². The molecule has 1 aliphatic rings. The van der Waals surface area contributed by atoms with Crippen molar-refractivity contribution in [1.82, 2.24) is 0 Å². The summed E-state index contributed by atoms with van der Waals surface area (Å²) in [7, 11) is 0. The van der Waals surface area contributed by atoms with E-state index in [0.29, 0.717) is 11.7 Å². The Hall–Kier alpha value is -1.19. The summed E-state index contributed by atoms with van der Waals surface area (Å²) in [5, 5.41) is 21.4. The maximum Gasteiger partial charge on any atom is 0.132 e. The van der Waals surface area contributed by atoms with E-state index in [4.69, 9.17) is 0 Å². The van der Waals surface area contributed by atoms with Gasteiger partial charge in [0.05, 0.1) is 15.7 Å². The molecule has 0 heterocycles. The first kappa shape index (κ1) is 18.2. The van der Waals surface area contributed by atoms with E-state index >= 15 is 0 Å². The van der Waals surface area contributed by atoms with Crippen LogP contribution in [0.3, 0.4) is 0 Å². The van der Waals surface area contributed by atoms with Crippen LogP contribution >= 0.6 is 11.8 Å². The summed E-state index contributed by atoms with van der Waals surface area (Å²) in [5.41, 5.74) is 4.16. The average molecular weight is 333 g/mol. The number of aliphatic hydroxyl groups is 1. The summed E-state index contributed by atoms with van der Waals surface area (Å²) >= 11 is 1.59. The van der Waals surface area contributed by atoms with Crippen LogP contribution in [0, 0.1) is 19.8 Å². The number of aromatic hydroxyl groups is 1. The number of thioether (sulfide) groups is 1. The molecule has 2 unspecified atom stereocenters. The van der Waals surface area contributed by atoms with Crippen molar-refractivity contribution in [2.75, 3.05) is 0 Å². The van der Waals surface area contributed by atoms with Gasteiger partial charge in [0.2, 0.25) is 0 Å². The molecule has 0 spiro atoms. The predicted octanol–water partition coefficient (Wildman–Crippen LogP) is 5.15. The van der Waals surface area contributed by atoms with Gasteiger partial charge in [-0.05, 0) is 62.8 Å². The molecule has 0 aliphatic heterocycles. The summed E-state index contributed by atoms with van der Waals surface area (Å²) in [6.45, 7) is 12.4. The molecule has 126 valence electrons. The van der Waals surface area contributed by atoms with Crippen molar-refractivity contribution in [3.8, 4) is 5.75 Å². The van der Waals surface area contributed by atoms with Gasteiger partial charge in [-0.1, -0.05) is 37.6 Å². The SMILES string of the molecule is CC1=CC(CC(C)C)(Sc2cc(C)cc(C)c2O)C(O)C(C)=C1. The van der Waals surface area contributed by atoms with E-state index in [0.717, 1.165) is 28.0 Å². The third-order valence-corrected chi connectivity index (χ3v) is 5.68. The summed E-state index contributed by atoms with van der Waals surface area (Å²) in [6, 6.07) is 4.00. The Labute approximate surface area is 144 Å². The second kappa shape index (κ2) is 6.74. The van der Waals surface area contributed by atoms with Crippen molar-refractivity contribution >= 4 is 11.8 Å². The fourth-order valence-electron chi connectivity index (χ4n) is 3.47. The van der Waals surface area contributed by atoms with Gasteiger partial charge in [0.25, 0.3) is 0 Å². The van der Waals surface area contributed by atoms with E-state index in [2.05, 4.69) is 26.8 Å². The van der Waals surface area contributed by atoms with E-state index in [9.17, 15) is 10.2 Å². The predicted molar refractivity (Wildman–Crippen MR) is 99.1 cm³/mol. The van der Waals surface area contributed by atoms with Crippen LogP contribution in [0.2, 0.25) is 0 Å². The van der Waals surface area contributed by atoms with E-state index < -0.39 is 10.9 Å². The Kier molecular flexibility index (Phi) is 5.32. The minimum atomic E-state index is -0.543. The van der Waals surface area contributed by atoms with Crippen molar-refractivity contribution in [1.29, 1.82) is 0 Å². The van der Waals surface area contributed by atoms with Crippen LogP contribution in [0.4, 0.5) is 0 Å². The van der Waals surface area contributed by atoms with Crippen LogP contribution in [0.1, 0.15) is 45.2 Å². The number of benzene rings is 1. The lowest BCUT2D eigenvalue weighted by Crippen LogP contribution is -2.41. The molecule has 0 bridgehead atoms. The summed E-state index contributed by atoms with van der Waals surface area (Å²) in [5.74, 6) is 0.773. The molecule has 2 atom stereocenters. The molecule has 0 aromatic heterocycles. The van der Waals surface area contributed by atoms with Crippen molar-refractivity contribution in [3.63, 3.8) is 0 Å². The molecule has 0 radical (unpaired) electrons. The molecular formula is C20H28O2S. The number of aryl methyl sites for hydroxylation is 2. The van der Waals surface area contributed by atoms with E-state index in [1.807, 2.05) is 39.0 Å². The molecule has 0 saturated heterocycles. The molecule has 1 aromatic carbocycles. The zero-order chi connectivity index (χ0) is 17.4. The largest absolute Gasteiger partial charge is 0.507 e. The summed E-state index contributed by atoms with van der Waals surface area (Å²) in [4.78, 5) is 0.848. The Bertz CT molecular complexity index is 658. The number of aliphatic hydroxyl groups excluding tert-OH is 1. The molecule has 3 heteroatoms. The van der Waals surface area contributed by atoms with Gasteiger partial charge in [-0.15, -0.1) is 11.8 Å². The zero-order valence-corrected chi connectivity index (χ0v) is 15.8. The fourth-order valence-corrected chi connectivity index (χ4v) is 5.34. The summed E-state index contributed by atoms with van der Waals surface area (Å²) < 4.78 is -0.436. The fraction of sp³-hybridized carbons (Fsp3) is 0.500. The van der Waals surface area contributed by atoms with Crippen LogP contribution in [0.25, 0.3) is 0 Å². The smallest absolute Gasteiger partial charge is 0.132 e. The van der Waals surface area contributed by atoms with Gasteiger partial charge in [-0.2, -0.15) is 0 Å². The maximum atomic E-state index is 10.9. The van der Waals surface area contributed by atoms with Gasteiger partial charge in [0.15, 0.2) is 0 Å². The highest BCUT2D eigenvalue weighted by Gasteiger charge is 2.41. The Morgan fingerprint density at radius 1 is 1.17 bits per heavy atom. The molecule has 0 amide bonds. The highest BCUT2D eigenvalue weighted by molar-refractivity contribution is 8.01. The number of hydrogen-bond donors (Lipinski definition) is 2. The van der Waals surface area contributed by atoms with Crippen LogP contribution in [0.5, 0.6) is 5.75 Å². The molecule has 1 aliphatic carbocycles. The van der Waals surface area contributed by atoms with Gasteiger partial charge in [-0.3, -0.25) is 0 Å². The zero-order valence-electron chi connectivity index (χ0n) is 15.0. The summed E-state index contributed by atoms with van der Waals surface area (Å²) in [6.07, 6.45) is 4.53. The topological polar surface area (TPSA) is 40.5 Å². The normalized spacial score (nSPS) is 24.6. The lowest BCUT2D eigenvalue weighted by molar-refractivity contribution is 0.167. The third kappa shape index (κ3) is 3.84. The molecule has 23 heavy (non-hydrogen) atoms. The maximum absolute atomic E-state index is 10.9. The highest BCUT2D eigenvalue weighted by atomic mass is 32.2. The molecule has 1 aromatic rings. The standard InChI is InChI=1S/C20H28O2S/c1-12(2)10-20(11-14(4)8-16(6)19(20)22)23-17-9-13(3)7-15(5)18(17)21/h7-9,11-12,19,21-22H,10H2,1-6H3. The average Bonchev–Trinajstić information content (AvgIpc) is 2.40. The Balaban J connectivity index is 2.51. The van der Waals surface area contributed by atoms with Gasteiger partial charge in [-0.25, -0.2) is 0 Å². The number of phenols is 1. The van der Waals surface area contributed by atoms with Crippen molar-refractivity contribution in [2.45, 2.75) is 63.7 Å². The highest BCUT2D eigenvalue weighted by Crippen LogP contribution is 2.49. The Morgan fingerprint density at radius 2 is 1.83 bits per heavy atom. The second-order valence-electron chi connectivity index (χ2n) is 7.26. The molecule has 0 saturated carbocycles. The number of rotatable bonds is 4. The van der Waals surface area contributed by atoms with Crippen molar-refractivity contribution < 1.29 is 10.2 Å². The molecular weight excluding hydrogens is 304 g/mol. The number of hydrogen-bond acceptors (Lipinski definition) is 3. The molecule has 2 nitrogen and oxygen atoms in total. The third-order valence-electron chi connectivity index (χ3n) is 4.26. The number of phenolic OH excluding ortho intramolecular Hbond substituents is 1. The number of allylic oxidation sites excluding steroid dienone is 2. The van der Waals surface area contributed by atoms with Gasteiger partial charge in [0.1, 0.15) is 5.75 Å². The van der Waals surface area contributed by atoms with E-state index in [1.54, 1.807) is 11.8 Å². The quantitative estimate of drug-likeness (QED) is 0.801. The first-order chi connectivity index (χ1) is 10.6. The van der Waals surface area contributed by atoms with Gasteiger partial charge in [0, 0.05) is 0 Å². The monoisotopic (exact) mass is 332 g/mol. The lowest BCUT2D eigenvalue weighted by Gasteiger charge is -2.40. The first-order valence-corrected chi connectivity index (χ1v) is 9.01. The van der Waals surface area contributed by atoms with Gasteiger partial charge >= 0.3 is 0 Å². The minimum absolute atomic E-state index is 0.328. The minimum Gasteiger partial charge on any atom is -0.507 e. The van der Waals surface area contributed by atoms with Crippen LogP contribution < -0.4 is 0 Å². The lowest BCUT2D eigenvalue weighted by atomic mass is 9.82.